The van der Waals surface area contributed by atoms with E-state index in [1.807, 2.05) is 12.1 Å². The van der Waals surface area contributed by atoms with E-state index in [1.165, 1.54) is 0 Å². The maximum absolute atomic E-state index is 9.18. The molecular weight excluding hydrogens is 190 g/mol. The first kappa shape index (κ1) is 10.2. The maximum atomic E-state index is 9.18. The number of nitrogens with zero attached hydrogens (tertiary/aromatic N) is 2. The summed E-state index contributed by atoms with van der Waals surface area (Å²) in [5.41, 5.74) is 6.27. The largest absolute Gasteiger partial charge is 0.397 e. The highest BCUT2D eigenvalue weighted by molar-refractivity contribution is 5.46. The monoisotopic (exact) mass is 207 g/mol. The van der Waals surface area contributed by atoms with Crippen molar-refractivity contribution in [1.29, 1.82) is 0 Å². The van der Waals surface area contributed by atoms with Crippen LogP contribution in [0.15, 0.2) is 18.3 Å². The number of pyridine rings is 1. The van der Waals surface area contributed by atoms with Crippen molar-refractivity contribution in [3.63, 3.8) is 0 Å². The van der Waals surface area contributed by atoms with Crippen molar-refractivity contribution in [2.24, 2.45) is 11.8 Å². The number of aliphatic hydroxyl groups excluding tert-OH is 1. The Morgan fingerprint density at radius 1 is 1.53 bits per heavy atom. The molecule has 0 amide bonds. The smallest absolute Gasteiger partial charge is 0.128 e. The van der Waals surface area contributed by atoms with E-state index in [4.69, 9.17) is 5.73 Å². The molecule has 0 radical (unpaired) electrons. The molecule has 1 saturated heterocycles. The molecule has 2 atom stereocenters. The Bertz CT molecular complexity index is 325. The van der Waals surface area contributed by atoms with Crippen LogP contribution >= 0.6 is 0 Å². The molecular formula is C11H17N3O. The van der Waals surface area contributed by atoms with E-state index in [9.17, 15) is 5.11 Å². The van der Waals surface area contributed by atoms with Gasteiger partial charge in [0.2, 0.25) is 0 Å². The van der Waals surface area contributed by atoms with Gasteiger partial charge in [-0.05, 0) is 18.1 Å². The van der Waals surface area contributed by atoms with Gasteiger partial charge >= 0.3 is 0 Å². The molecule has 0 aromatic carbocycles. The van der Waals surface area contributed by atoms with Crippen molar-refractivity contribution >= 4 is 11.5 Å². The van der Waals surface area contributed by atoms with E-state index in [-0.39, 0.29) is 6.61 Å². The highest BCUT2D eigenvalue weighted by Gasteiger charge is 2.29. The van der Waals surface area contributed by atoms with Gasteiger partial charge in [0.25, 0.3) is 0 Å². The minimum absolute atomic E-state index is 0.257. The zero-order chi connectivity index (χ0) is 10.8. The number of anilines is 2. The second-order valence-electron chi connectivity index (χ2n) is 4.27. The van der Waals surface area contributed by atoms with Crippen LogP contribution in [0.4, 0.5) is 11.5 Å². The minimum atomic E-state index is 0.257. The molecule has 0 aliphatic carbocycles. The molecule has 2 heterocycles. The predicted molar refractivity (Wildman–Crippen MR) is 60.6 cm³/mol. The van der Waals surface area contributed by atoms with Crippen LogP contribution in [-0.4, -0.2) is 29.8 Å². The third kappa shape index (κ3) is 2.04. The zero-order valence-electron chi connectivity index (χ0n) is 8.93. The second-order valence-corrected chi connectivity index (χ2v) is 4.27. The molecule has 1 aliphatic heterocycles. The van der Waals surface area contributed by atoms with Crippen molar-refractivity contribution < 1.29 is 5.11 Å². The average molecular weight is 207 g/mol. The van der Waals surface area contributed by atoms with Gasteiger partial charge < -0.3 is 15.7 Å². The van der Waals surface area contributed by atoms with Crippen molar-refractivity contribution in [1.82, 2.24) is 4.98 Å². The van der Waals surface area contributed by atoms with E-state index >= 15 is 0 Å². The van der Waals surface area contributed by atoms with Crippen LogP contribution in [0.1, 0.15) is 6.92 Å². The first-order valence-corrected chi connectivity index (χ1v) is 5.28. The van der Waals surface area contributed by atoms with Crippen molar-refractivity contribution in [2.45, 2.75) is 6.92 Å². The molecule has 0 saturated carbocycles. The number of rotatable bonds is 2. The molecule has 3 N–H and O–H groups in total. The first-order chi connectivity index (χ1) is 7.20. The summed E-state index contributed by atoms with van der Waals surface area (Å²) in [5.74, 6) is 1.84. The van der Waals surface area contributed by atoms with Gasteiger partial charge in [0, 0.05) is 25.6 Å². The van der Waals surface area contributed by atoms with Gasteiger partial charge in [0.1, 0.15) is 5.82 Å². The summed E-state index contributed by atoms with van der Waals surface area (Å²) in [6.45, 7) is 4.27. The van der Waals surface area contributed by atoms with Gasteiger partial charge in [-0.2, -0.15) is 0 Å². The SMILES string of the molecule is C[C@H]1CN(c2ccc(N)cn2)C[C@@H]1CO. The molecule has 1 fully saturated rings. The van der Waals surface area contributed by atoms with Gasteiger partial charge in [-0.15, -0.1) is 0 Å². The fourth-order valence-corrected chi connectivity index (χ4v) is 2.04. The lowest BCUT2D eigenvalue weighted by molar-refractivity contribution is 0.212. The molecule has 1 aliphatic rings. The van der Waals surface area contributed by atoms with Gasteiger partial charge in [0.05, 0.1) is 11.9 Å². The fourth-order valence-electron chi connectivity index (χ4n) is 2.04. The lowest BCUT2D eigenvalue weighted by Gasteiger charge is -2.16. The normalized spacial score (nSPS) is 25.9. The zero-order valence-corrected chi connectivity index (χ0v) is 8.93. The third-order valence-electron chi connectivity index (χ3n) is 3.10. The standard InChI is InChI=1S/C11H17N3O/c1-8-5-14(6-9(8)7-15)11-3-2-10(12)4-13-11/h2-4,8-9,15H,5-7,12H2,1H3/t8-,9+/m0/s1. The summed E-state index contributed by atoms with van der Waals surface area (Å²) in [7, 11) is 0. The van der Waals surface area contributed by atoms with Crippen LogP contribution in [0.25, 0.3) is 0 Å². The highest BCUT2D eigenvalue weighted by atomic mass is 16.3. The topological polar surface area (TPSA) is 62.4 Å². The summed E-state index contributed by atoms with van der Waals surface area (Å²) in [4.78, 5) is 6.48. The van der Waals surface area contributed by atoms with Crippen molar-refractivity contribution in [3.8, 4) is 0 Å². The van der Waals surface area contributed by atoms with Crippen LogP contribution in [0.5, 0.6) is 0 Å². The van der Waals surface area contributed by atoms with E-state index in [0.29, 0.717) is 17.5 Å². The minimum Gasteiger partial charge on any atom is -0.397 e. The van der Waals surface area contributed by atoms with E-state index in [0.717, 1.165) is 18.9 Å². The van der Waals surface area contributed by atoms with Gasteiger partial charge in [-0.3, -0.25) is 0 Å². The van der Waals surface area contributed by atoms with E-state index in [2.05, 4.69) is 16.8 Å². The van der Waals surface area contributed by atoms with Crippen LogP contribution in [-0.2, 0) is 0 Å². The summed E-state index contributed by atoms with van der Waals surface area (Å²) in [6, 6.07) is 3.79. The molecule has 0 bridgehead atoms. The first-order valence-electron chi connectivity index (χ1n) is 5.28. The molecule has 82 valence electrons. The van der Waals surface area contributed by atoms with Crippen LogP contribution in [0.3, 0.4) is 0 Å². The number of hydrogen-bond donors (Lipinski definition) is 2. The molecule has 2 rings (SSSR count). The van der Waals surface area contributed by atoms with Crippen molar-refractivity contribution in [2.75, 3.05) is 30.3 Å². The van der Waals surface area contributed by atoms with Gasteiger partial charge in [-0.25, -0.2) is 4.98 Å². The number of nitrogens with two attached hydrogens (primary N) is 1. The van der Waals surface area contributed by atoms with E-state index in [1.54, 1.807) is 6.20 Å². The lowest BCUT2D eigenvalue weighted by atomic mass is 10.00. The second kappa shape index (κ2) is 4.06. The number of hydrogen-bond acceptors (Lipinski definition) is 4. The summed E-state index contributed by atoms with van der Waals surface area (Å²) in [6.07, 6.45) is 1.67. The fraction of sp³-hybridized carbons (Fsp3) is 0.545. The highest BCUT2D eigenvalue weighted by Crippen LogP contribution is 2.26. The Kier molecular flexibility index (Phi) is 2.77. The molecule has 1 aromatic heterocycles. The average Bonchev–Trinajstić information content (AvgIpc) is 2.61. The predicted octanol–water partition coefficient (Wildman–Crippen LogP) is 0.728. The van der Waals surface area contributed by atoms with Gasteiger partial charge in [-0.1, -0.05) is 6.92 Å². The Balaban J connectivity index is 2.10. The third-order valence-corrected chi connectivity index (χ3v) is 3.10. The van der Waals surface area contributed by atoms with E-state index < -0.39 is 0 Å². The quantitative estimate of drug-likeness (QED) is 0.750. The molecule has 15 heavy (non-hydrogen) atoms. The molecule has 0 unspecified atom stereocenters. The molecule has 4 heteroatoms. The lowest BCUT2D eigenvalue weighted by Crippen LogP contribution is -2.21. The Labute approximate surface area is 89.7 Å². The summed E-state index contributed by atoms with van der Waals surface area (Å²) in [5, 5.41) is 9.18. The Morgan fingerprint density at radius 2 is 2.33 bits per heavy atom. The molecule has 4 nitrogen and oxygen atoms in total. The molecule has 0 spiro atoms. The summed E-state index contributed by atoms with van der Waals surface area (Å²) >= 11 is 0. The molecule has 1 aromatic rings. The number of nitrogen functional groups attached to an aromatic ring is 1. The van der Waals surface area contributed by atoms with Gasteiger partial charge in [0.15, 0.2) is 0 Å². The maximum Gasteiger partial charge on any atom is 0.128 e. The van der Waals surface area contributed by atoms with Crippen LogP contribution in [0.2, 0.25) is 0 Å². The number of aliphatic hydroxyl groups is 1. The van der Waals surface area contributed by atoms with Crippen LogP contribution < -0.4 is 10.6 Å². The Morgan fingerprint density at radius 3 is 2.87 bits per heavy atom. The summed E-state index contributed by atoms with van der Waals surface area (Å²) < 4.78 is 0. The van der Waals surface area contributed by atoms with Crippen molar-refractivity contribution in [3.05, 3.63) is 18.3 Å². The van der Waals surface area contributed by atoms with Crippen LogP contribution in [0, 0.1) is 11.8 Å². The Hall–Kier alpha value is -1.29. The number of aromatic nitrogens is 1.